The number of amides is 3. The molecule has 0 radical (unpaired) electrons. The van der Waals surface area contributed by atoms with Crippen molar-refractivity contribution in [1.82, 2.24) is 15.3 Å². The number of carbonyl (C=O) groups excluding carboxylic acids is 2. The molecule has 2 aliphatic heterocycles. The minimum Gasteiger partial charge on any atom is -0.350 e. The summed E-state index contributed by atoms with van der Waals surface area (Å²) in [6.07, 6.45) is 1.60. The molecule has 2 bridgehead atoms. The lowest BCUT2D eigenvalue weighted by Crippen LogP contribution is -2.42. The van der Waals surface area contributed by atoms with Crippen molar-refractivity contribution < 1.29 is 14.4 Å². The molecule has 0 aliphatic carbocycles. The molecular formula is C19H19N3O3S. The summed E-state index contributed by atoms with van der Waals surface area (Å²) in [6, 6.07) is 10.6. The molecule has 2 atom stereocenters. The molecule has 1 saturated heterocycles. The number of rotatable bonds is 6. The summed E-state index contributed by atoms with van der Waals surface area (Å²) in [5.41, 5.74) is 2.01. The fraction of sp³-hybridized carbons (Fsp3) is 0.263. The van der Waals surface area contributed by atoms with E-state index in [1.165, 1.54) is 16.4 Å². The molecular weight excluding hydrogens is 350 g/mol. The van der Waals surface area contributed by atoms with Crippen molar-refractivity contribution in [3.8, 4) is 0 Å². The molecule has 1 N–H and O–H groups in total. The second kappa shape index (κ2) is 6.93. The van der Waals surface area contributed by atoms with E-state index < -0.39 is 6.04 Å². The van der Waals surface area contributed by atoms with Crippen LogP contribution in [0.3, 0.4) is 0 Å². The predicted molar refractivity (Wildman–Crippen MR) is 98.2 cm³/mol. The molecule has 7 heteroatoms. The summed E-state index contributed by atoms with van der Waals surface area (Å²) in [5.74, 6) is -0.171. The number of carbonyl (C=O) groups is 2. The number of urea groups is 1. The number of hydrogen-bond acceptors (Lipinski definition) is 4. The van der Waals surface area contributed by atoms with Crippen LogP contribution >= 0.6 is 11.3 Å². The van der Waals surface area contributed by atoms with Crippen LogP contribution in [0, 0.1) is 0 Å². The fourth-order valence-corrected chi connectivity index (χ4v) is 4.49. The van der Waals surface area contributed by atoms with Gasteiger partial charge < -0.3 is 10.2 Å². The summed E-state index contributed by atoms with van der Waals surface area (Å²) in [6.45, 7) is 4.75. The molecule has 1 fully saturated rings. The van der Waals surface area contributed by atoms with Crippen LogP contribution in [-0.2, 0) is 16.2 Å². The summed E-state index contributed by atoms with van der Waals surface area (Å²) >= 11 is 1.50. The summed E-state index contributed by atoms with van der Waals surface area (Å²) in [5, 5.41) is 6.29. The van der Waals surface area contributed by atoms with Gasteiger partial charge >= 0.3 is 6.03 Å². The van der Waals surface area contributed by atoms with Crippen LogP contribution < -0.4 is 5.32 Å². The predicted octanol–water partition coefficient (Wildman–Crippen LogP) is 3.02. The van der Waals surface area contributed by atoms with E-state index in [2.05, 4.69) is 11.9 Å². The van der Waals surface area contributed by atoms with Gasteiger partial charge in [-0.05, 0) is 22.6 Å². The van der Waals surface area contributed by atoms with Gasteiger partial charge in [0, 0.05) is 11.4 Å². The lowest BCUT2D eigenvalue weighted by atomic mass is 9.99. The highest BCUT2D eigenvalue weighted by Crippen LogP contribution is 2.46. The Kier molecular flexibility index (Phi) is 4.48. The minimum absolute atomic E-state index is 0.171. The van der Waals surface area contributed by atoms with Crippen LogP contribution in [0.5, 0.6) is 0 Å². The number of nitrogens with zero attached hydrogens (tertiary/aromatic N) is 2. The van der Waals surface area contributed by atoms with E-state index in [1.807, 2.05) is 41.8 Å². The Bertz CT molecular complexity index is 836. The third-order valence-electron chi connectivity index (χ3n) is 4.62. The highest BCUT2D eigenvalue weighted by Gasteiger charge is 2.51. The number of benzene rings is 1. The number of nitrogens with one attached hydrogen (secondary N) is 1. The van der Waals surface area contributed by atoms with Gasteiger partial charge in [0.2, 0.25) is 5.91 Å². The van der Waals surface area contributed by atoms with Gasteiger partial charge in [0.15, 0.2) is 0 Å². The van der Waals surface area contributed by atoms with Gasteiger partial charge in [-0.15, -0.1) is 17.9 Å². The molecule has 3 amide bonds. The third-order valence-corrected chi connectivity index (χ3v) is 5.61. The average Bonchev–Trinajstić information content (AvgIpc) is 3.25. The minimum atomic E-state index is -0.616. The van der Waals surface area contributed by atoms with Crippen molar-refractivity contribution in [2.45, 2.75) is 18.6 Å². The molecule has 1 aromatic carbocycles. The molecule has 26 heavy (non-hydrogen) atoms. The van der Waals surface area contributed by atoms with E-state index in [-0.39, 0.29) is 24.6 Å². The quantitative estimate of drug-likeness (QED) is 0.796. The highest BCUT2D eigenvalue weighted by molar-refractivity contribution is 7.10. The molecule has 3 heterocycles. The van der Waals surface area contributed by atoms with Crippen LogP contribution in [0.1, 0.15) is 28.1 Å². The Morgan fingerprint density at radius 2 is 2.15 bits per heavy atom. The number of hydrogen-bond donors (Lipinski definition) is 1. The molecule has 2 aromatic rings. The molecule has 0 saturated carbocycles. The zero-order chi connectivity index (χ0) is 18.1. The van der Waals surface area contributed by atoms with Crippen molar-refractivity contribution in [1.29, 1.82) is 0 Å². The Balaban J connectivity index is 1.56. The van der Waals surface area contributed by atoms with E-state index in [9.17, 15) is 9.59 Å². The normalized spacial score (nSPS) is 20.8. The molecule has 2 aliphatic rings. The van der Waals surface area contributed by atoms with Gasteiger partial charge in [-0.3, -0.25) is 9.63 Å². The average molecular weight is 369 g/mol. The monoisotopic (exact) mass is 369 g/mol. The molecule has 1 unspecified atom stereocenters. The Morgan fingerprint density at radius 1 is 1.35 bits per heavy atom. The Labute approximate surface area is 155 Å². The van der Waals surface area contributed by atoms with Gasteiger partial charge in [0.05, 0.1) is 13.2 Å². The topological polar surface area (TPSA) is 61.9 Å². The summed E-state index contributed by atoms with van der Waals surface area (Å²) < 4.78 is 0. The zero-order valence-corrected chi connectivity index (χ0v) is 14.9. The van der Waals surface area contributed by atoms with Crippen LogP contribution in [0.25, 0.3) is 0 Å². The van der Waals surface area contributed by atoms with Crippen molar-refractivity contribution >= 4 is 23.3 Å². The second-order valence-electron chi connectivity index (χ2n) is 6.21. The smallest absolute Gasteiger partial charge is 0.345 e. The maximum Gasteiger partial charge on any atom is 0.345 e. The Hall–Kier alpha value is -2.64. The Morgan fingerprint density at radius 3 is 2.92 bits per heavy atom. The van der Waals surface area contributed by atoms with Crippen LogP contribution in [0.4, 0.5) is 4.79 Å². The van der Waals surface area contributed by atoms with E-state index >= 15 is 0 Å². The largest absolute Gasteiger partial charge is 0.350 e. The first-order valence-electron chi connectivity index (χ1n) is 8.43. The highest BCUT2D eigenvalue weighted by atomic mass is 32.1. The van der Waals surface area contributed by atoms with Crippen LogP contribution in [0.2, 0.25) is 0 Å². The van der Waals surface area contributed by atoms with Gasteiger partial charge in [-0.25, -0.2) is 4.79 Å². The fourth-order valence-electron chi connectivity index (χ4n) is 3.43. The first kappa shape index (κ1) is 16.8. The number of fused-ring (bicyclic) bond motifs is 4. The van der Waals surface area contributed by atoms with E-state index in [0.29, 0.717) is 13.1 Å². The molecule has 134 valence electrons. The van der Waals surface area contributed by atoms with E-state index in [4.69, 9.17) is 4.84 Å². The van der Waals surface area contributed by atoms with Gasteiger partial charge in [-0.2, -0.15) is 5.06 Å². The van der Waals surface area contributed by atoms with Crippen molar-refractivity contribution in [3.05, 3.63) is 70.4 Å². The maximum atomic E-state index is 12.9. The van der Waals surface area contributed by atoms with Crippen molar-refractivity contribution in [3.63, 3.8) is 0 Å². The maximum absolute atomic E-state index is 12.9. The van der Waals surface area contributed by atoms with Crippen LogP contribution in [-0.4, -0.2) is 35.1 Å². The first-order valence-corrected chi connectivity index (χ1v) is 9.31. The van der Waals surface area contributed by atoms with Crippen molar-refractivity contribution in [2.24, 2.45) is 0 Å². The number of thiophene rings is 1. The number of hydroxylamine groups is 2. The van der Waals surface area contributed by atoms with Gasteiger partial charge in [-0.1, -0.05) is 36.4 Å². The standard InChI is InChI=1S/C19H19N3O3S/c1-2-9-25-22-15-12-21(19(22)24)16(17-14(15)8-10-26-17)18(23)20-11-13-6-4-3-5-7-13/h2-8,10,15-16H,1,9,11-12H2,(H,20,23)/t15-,16?/m1/s1. The van der Waals surface area contributed by atoms with Crippen molar-refractivity contribution in [2.75, 3.05) is 13.2 Å². The molecule has 1 aromatic heterocycles. The lowest BCUT2D eigenvalue weighted by Gasteiger charge is -2.29. The van der Waals surface area contributed by atoms with Gasteiger partial charge in [0.25, 0.3) is 0 Å². The second-order valence-corrected chi connectivity index (χ2v) is 7.15. The third kappa shape index (κ3) is 2.79. The van der Waals surface area contributed by atoms with Crippen LogP contribution in [0.15, 0.2) is 54.4 Å². The lowest BCUT2D eigenvalue weighted by molar-refractivity contribution is -0.126. The SMILES string of the molecule is C=CCON1C(=O)N2C[C@@H]1c1ccsc1C2C(=O)NCc1ccccc1. The summed E-state index contributed by atoms with van der Waals surface area (Å²) in [4.78, 5) is 33.7. The van der Waals surface area contributed by atoms with E-state index in [1.54, 1.807) is 11.0 Å². The molecule has 0 spiro atoms. The van der Waals surface area contributed by atoms with Gasteiger partial charge in [0.1, 0.15) is 12.1 Å². The molecule has 6 nitrogen and oxygen atoms in total. The van der Waals surface area contributed by atoms with E-state index in [0.717, 1.165) is 16.0 Å². The zero-order valence-electron chi connectivity index (χ0n) is 14.1. The first-order chi connectivity index (χ1) is 12.7. The summed E-state index contributed by atoms with van der Waals surface area (Å²) in [7, 11) is 0. The molecule has 4 rings (SSSR count).